The minimum Gasteiger partial charge on any atom is -0.473 e. The van der Waals surface area contributed by atoms with Gasteiger partial charge in [0, 0.05) is 6.07 Å². The number of aromatic nitrogens is 1. The van der Waals surface area contributed by atoms with Gasteiger partial charge in [-0.2, -0.15) is 0 Å². The molecule has 1 aliphatic carbocycles. The number of hydrogen-bond donors (Lipinski definition) is 0. The quantitative estimate of drug-likeness (QED) is 0.344. The van der Waals surface area contributed by atoms with Gasteiger partial charge in [-0.3, -0.25) is 14.9 Å². The van der Waals surface area contributed by atoms with Crippen molar-refractivity contribution >= 4 is 41.0 Å². The normalized spacial score (nSPS) is 16.6. The van der Waals surface area contributed by atoms with Crippen molar-refractivity contribution in [2.24, 2.45) is 0 Å². The van der Waals surface area contributed by atoms with Gasteiger partial charge < -0.3 is 4.74 Å². The number of rotatable bonds is 6. The molecule has 0 aromatic carbocycles. The smallest absolute Gasteiger partial charge is 0.287 e. The minimum absolute atomic E-state index is 0.0140. The van der Waals surface area contributed by atoms with E-state index in [1.165, 1.54) is 30.9 Å². The van der Waals surface area contributed by atoms with Gasteiger partial charge in [0.2, 0.25) is 13.7 Å². The van der Waals surface area contributed by atoms with E-state index in [2.05, 4.69) is 4.98 Å². The molecule has 0 aliphatic heterocycles. The van der Waals surface area contributed by atoms with Crippen LogP contribution < -0.4 is 0 Å². The fourth-order valence-corrected chi connectivity index (χ4v) is 4.94. The van der Waals surface area contributed by atoms with Gasteiger partial charge in [0.25, 0.3) is 5.69 Å². The highest BCUT2D eigenvalue weighted by Crippen LogP contribution is 2.49. The summed E-state index contributed by atoms with van der Waals surface area (Å²) in [6.07, 6.45) is 5.52. The highest BCUT2D eigenvalue weighted by atomic mass is 33.1. The van der Waals surface area contributed by atoms with Crippen molar-refractivity contribution in [3.05, 3.63) is 28.4 Å². The second kappa shape index (κ2) is 7.17. The molecule has 9 heteroatoms. The fraction of sp³-hybridized carbons (Fsp3) is 0.500. The molecule has 1 aromatic heterocycles. The molecule has 0 unspecified atom stereocenters. The van der Waals surface area contributed by atoms with Crippen LogP contribution in [-0.2, 0) is 4.74 Å². The van der Waals surface area contributed by atoms with Gasteiger partial charge in [0.05, 0.1) is 9.67 Å². The maximum Gasteiger partial charge on any atom is 0.287 e. The van der Waals surface area contributed by atoms with Gasteiger partial charge in [0.1, 0.15) is 17.8 Å². The summed E-state index contributed by atoms with van der Waals surface area (Å²) in [6, 6.07) is 3.09. The van der Waals surface area contributed by atoms with E-state index in [1.807, 2.05) is 0 Å². The summed E-state index contributed by atoms with van der Waals surface area (Å²) in [5.74, 6) is -0.264. The first kappa shape index (κ1) is 16.2. The number of nitro groups is 1. The van der Waals surface area contributed by atoms with Crippen molar-refractivity contribution in [1.82, 2.24) is 4.98 Å². The van der Waals surface area contributed by atoms with Crippen LogP contribution in [0.5, 0.6) is 0 Å². The highest BCUT2D eigenvalue weighted by Gasteiger charge is 2.36. The molecule has 1 heterocycles. The van der Waals surface area contributed by atoms with Crippen LogP contribution >= 0.6 is 21.6 Å². The monoisotopic (exact) mass is 326 g/mol. The Hall–Kier alpha value is -1.22. The molecule has 1 aliphatic rings. The van der Waals surface area contributed by atoms with Crippen LogP contribution in [0.15, 0.2) is 23.4 Å². The Labute approximate surface area is 131 Å². The van der Waals surface area contributed by atoms with Crippen molar-refractivity contribution in [1.29, 1.82) is 0 Å². The molecule has 0 amide bonds. The van der Waals surface area contributed by atoms with Crippen molar-refractivity contribution in [3.8, 4) is 0 Å². The molecule has 1 fully saturated rings. The van der Waals surface area contributed by atoms with Gasteiger partial charge in [-0.05, 0) is 29.7 Å². The molecule has 0 atom stereocenters. The number of pyridine rings is 1. The van der Waals surface area contributed by atoms with Crippen LogP contribution in [0.4, 0.5) is 10.5 Å². The second-order valence-corrected chi connectivity index (χ2v) is 7.57. The van der Waals surface area contributed by atoms with Crippen molar-refractivity contribution in [2.75, 3.05) is 6.61 Å². The average Bonchev–Trinajstić information content (AvgIpc) is 2.93. The van der Waals surface area contributed by atoms with E-state index in [0.29, 0.717) is 6.61 Å². The zero-order valence-electron chi connectivity index (χ0n) is 11.6. The summed E-state index contributed by atoms with van der Waals surface area (Å²) in [5, 5.41) is 11.3. The van der Waals surface area contributed by atoms with E-state index >= 15 is 0 Å². The van der Waals surface area contributed by atoms with Crippen molar-refractivity contribution < 1.29 is 14.5 Å². The van der Waals surface area contributed by atoms with E-state index < -0.39 is 4.92 Å². The van der Waals surface area contributed by atoms with Crippen molar-refractivity contribution in [2.45, 2.75) is 35.5 Å². The maximum absolute atomic E-state index is 11.0. The fourth-order valence-electron chi connectivity index (χ4n) is 2.17. The van der Waals surface area contributed by atoms with Crippen LogP contribution in [0.2, 0.25) is 0 Å². The predicted molar refractivity (Wildman–Crippen MR) is 85.4 cm³/mol. The van der Waals surface area contributed by atoms with Gasteiger partial charge in [0.15, 0.2) is 0 Å². The summed E-state index contributed by atoms with van der Waals surface area (Å²) in [6.45, 7) is 0.410. The van der Waals surface area contributed by atoms with Crippen LogP contribution in [-0.4, -0.2) is 35.0 Å². The third kappa shape index (κ3) is 4.64. The molecule has 21 heavy (non-hydrogen) atoms. The zero-order chi connectivity index (χ0) is 15.3. The molecule has 1 aromatic rings. The molecule has 112 valence electrons. The largest absolute Gasteiger partial charge is 0.473 e. The number of nitrogens with zero attached hydrogens (tertiary/aromatic N) is 2. The first-order valence-corrected chi connectivity index (χ1v) is 8.75. The van der Waals surface area contributed by atoms with Crippen LogP contribution in [0.25, 0.3) is 0 Å². The molecule has 0 spiro atoms. The Bertz CT molecular complexity index is 520. The summed E-state index contributed by atoms with van der Waals surface area (Å²) in [4.78, 5) is 25.2. The Kier molecular flexibility index (Phi) is 5.52. The maximum atomic E-state index is 11.0. The lowest BCUT2D eigenvalue weighted by Gasteiger charge is -2.26. The van der Waals surface area contributed by atoms with Gasteiger partial charge >= 0.3 is 0 Å². The van der Waals surface area contributed by atoms with E-state index in [0.717, 1.165) is 30.7 Å². The molecule has 0 saturated heterocycles. The van der Waals surface area contributed by atoms with Crippen LogP contribution in [0.3, 0.4) is 0 Å². The topological polar surface area (TPSA) is 82.3 Å². The predicted octanol–water partition coefficient (Wildman–Crippen LogP) is 2.81. The third-order valence-corrected chi connectivity index (χ3v) is 6.49. The molecular formula is C12H15BN2O4S2. The Morgan fingerprint density at radius 1 is 1.48 bits per heavy atom. The second-order valence-electron chi connectivity index (χ2n) is 4.95. The first-order chi connectivity index (χ1) is 10.0. The summed E-state index contributed by atoms with van der Waals surface area (Å²) in [7, 11) is 4.54. The molecule has 1 saturated carbocycles. The van der Waals surface area contributed by atoms with E-state index in [4.69, 9.17) is 4.74 Å². The van der Waals surface area contributed by atoms with E-state index in [1.54, 1.807) is 16.9 Å². The van der Waals surface area contributed by atoms with Crippen molar-refractivity contribution in [3.63, 3.8) is 0 Å². The van der Waals surface area contributed by atoms with Gasteiger partial charge in [-0.15, -0.1) is 0 Å². The zero-order valence-corrected chi connectivity index (χ0v) is 13.2. The van der Waals surface area contributed by atoms with Gasteiger partial charge in [-0.25, -0.2) is 4.98 Å². The molecule has 0 bridgehead atoms. The summed E-state index contributed by atoms with van der Waals surface area (Å²) in [5.41, 5.74) is -0.0140. The lowest BCUT2D eigenvalue weighted by molar-refractivity contribution is -0.385. The van der Waals surface area contributed by atoms with Gasteiger partial charge in [-0.1, -0.05) is 23.6 Å². The lowest BCUT2D eigenvalue weighted by atomic mass is 10.1. The number of ether oxygens (including phenoxy) is 1. The lowest BCUT2D eigenvalue weighted by Crippen LogP contribution is -2.27. The van der Waals surface area contributed by atoms with Crippen LogP contribution in [0, 0.1) is 10.1 Å². The van der Waals surface area contributed by atoms with E-state index in [9.17, 15) is 14.9 Å². The first-order valence-electron chi connectivity index (χ1n) is 6.60. The Morgan fingerprint density at radius 2 is 2.19 bits per heavy atom. The summed E-state index contributed by atoms with van der Waals surface area (Å²) >= 11 is 0. The standard InChI is InChI=1S/C12H15BN2O4S2/c13-11(16)19-8-12(5-1-2-6-12)21-20-10-4-3-9(7-14-10)15(17)18/h3-4,7H,1-2,5-6,8,13H2. The van der Waals surface area contributed by atoms with Crippen LogP contribution in [0.1, 0.15) is 25.7 Å². The highest BCUT2D eigenvalue weighted by molar-refractivity contribution is 8.77. The SMILES string of the molecule is BC(=O)OCC1(SSc2ccc([N+](=O)[O-])cn2)CCCC1. The molecule has 0 N–H and O–H groups in total. The number of carbonyl (C=O) groups is 1. The number of carbonyl (C=O) groups excluding carboxylic acids is 1. The molecule has 6 nitrogen and oxygen atoms in total. The molecule has 2 rings (SSSR count). The average molecular weight is 326 g/mol. The Morgan fingerprint density at radius 3 is 2.71 bits per heavy atom. The number of hydrogen-bond acceptors (Lipinski definition) is 7. The molecule has 0 radical (unpaired) electrons. The molecular weight excluding hydrogens is 311 g/mol. The minimum atomic E-state index is -0.465. The Balaban J connectivity index is 1.95. The third-order valence-electron chi connectivity index (χ3n) is 3.29. The van der Waals surface area contributed by atoms with E-state index in [-0.39, 0.29) is 16.3 Å². The summed E-state index contributed by atoms with van der Waals surface area (Å²) < 4.78 is 5.12.